The molecule has 31 heavy (non-hydrogen) atoms. The number of rotatable bonds is 7. The number of ether oxygens (including phenoxy) is 1. The summed E-state index contributed by atoms with van der Waals surface area (Å²) in [4.78, 5) is 24.3. The summed E-state index contributed by atoms with van der Waals surface area (Å²) in [6, 6.07) is 9.90. The van der Waals surface area contributed by atoms with Crippen LogP contribution >= 0.6 is 11.6 Å². The molecule has 3 heterocycles. The van der Waals surface area contributed by atoms with Crippen molar-refractivity contribution in [3.63, 3.8) is 0 Å². The molecular formula is C22H21ClN4O4. The fourth-order valence-electron chi connectivity index (χ4n) is 3.46. The van der Waals surface area contributed by atoms with Gasteiger partial charge in [-0.05, 0) is 37.1 Å². The van der Waals surface area contributed by atoms with Gasteiger partial charge < -0.3 is 14.5 Å². The topological polar surface area (TPSA) is 98.7 Å². The number of benzene rings is 1. The first kappa shape index (κ1) is 20.9. The van der Waals surface area contributed by atoms with Crippen LogP contribution in [0, 0.1) is 0 Å². The minimum atomic E-state index is -0.434. The number of fused-ring (bicyclic) bond motifs is 2. The normalized spacial score (nSPS) is 12.2. The van der Waals surface area contributed by atoms with Crippen molar-refractivity contribution in [2.45, 2.75) is 32.7 Å². The molecule has 0 aliphatic rings. The molecule has 0 aliphatic carbocycles. The zero-order valence-electron chi connectivity index (χ0n) is 17.1. The van der Waals surface area contributed by atoms with Gasteiger partial charge in [-0.2, -0.15) is 0 Å². The Bertz CT molecular complexity index is 1310. The smallest absolute Gasteiger partial charge is 0.336 e. The third-order valence-corrected chi connectivity index (χ3v) is 5.16. The average Bonchev–Trinajstić information content (AvgIpc) is 3.17. The Kier molecular flexibility index (Phi) is 5.90. The number of pyridine rings is 1. The van der Waals surface area contributed by atoms with E-state index in [0.717, 1.165) is 23.8 Å². The average molecular weight is 441 g/mol. The Labute approximate surface area is 182 Å². The maximum atomic E-state index is 12.4. The van der Waals surface area contributed by atoms with Gasteiger partial charge in [0.2, 0.25) is 0 Å². The maximum Gasteiger partial charge on any atom is 0.336 e. The third-order valence-electron chi connectivity index (χ3n) is 4.87. The van der Waals surface area contributed by atoms with Gasteiger partial charge in [-0.15, -0.1) is 10.2 Å². The van der Waals surface area contributed by atoms with Crippen LogP contribution in [0.15, 0.2) is 51.8 Å². The number of hydrogen-bond donors (Lipinski definition) is 1. The summed E-state index contributed by atoms with van der Waals surface area (Å²) >= 11 is 6.35. The van der Waals surface area contributed by atoms with E-state index in [0.29, 0.717) is 22.1 Å². The molecule has 1 N–H and O–H groups in total. The van der Waals surface area contributed by atoms with Crippen molar-refractivity contribution in [3.05, 3.63) is 69.4 Å². The molecule has 3 aromatic heterocycles. The monoisotopic (exact) mass is 440 g/mol. The van der Waals surface area contributed by atoms with E-state index in [1.54, 1.807) is 12.1 Å². The number of carbonyl (C=O) groups is 1. The number of halogens is 1. The highest BCUT2D eigenvalue weighted by atomic mass is 35.5. The second-order valence-corrected chi connectivity index (χ2v) is 7.59. The summed E-state index contributed by atoms with van der Waals surface area (Å²) in [6.45, 7) is 3.58. The second kappa shape index (κ2) is 8.77. The number of carbonyl (C=O) groups excluding carboxylic acids is 1. The SMILES string of the molecule is CCCc1cc(=O)oc2cc(OCC(=O)N[C@@H](C)c3nnc4ccccn34)c(Cl)cc12. The first-order chi connectivity index (χ1) is 15.0. The Morgan fingerprint density at radius 3 is 2.94 bits per heavy atom. The molecule has 1 amide bonds. The Morgan fingerprint density at radius 1 is 1.29 bits per heavy atom. The summed E-state index contributed by atoms with van der Waals surface area (Å²) in [5.74, 6) is 0.525. The molecule has 0 radical (unpaired) electrons. The number of nitrogens with one attached hydrogen (secondary N) is 1. The minimum absolute atomic E-state index is 0.259. The van der Waals surface area contributed by atoms with E-state index in [-0.39, 0.29) is 24.3 Å². The van der Waals surface area contributed by atoms with Gasteiger partial charge in [0.25, 0.3) is 5.91 Å². The van der Waals surface area contributed by atoms with Crippen molar-refractivity contribution < 1.29 is 13.9 Å². The molecule has 0 aliphatic heterocycles. The molecule has 4 rings (SSSR count). The van der Waals surface area contributed by atoms with Gasteiger partial charge in [-0.3, -0.25) is 9.20 Å². The van der Waals surface area contributed by atoms with E-state index in [1.165, 1.54) is 6.07 Å². The molecule has 160 valence electrons. The van der Waals surface area contributed by atoms with E-state index in [4.69, 9.17) is 20.8 Å². The Balaban J connectivity index is 1.47. The lowest BCUT2D eigenvalue weighted by atomic mass is 10.1. The molecule has 1 atom stereocenters. The lowest BCUT2D eigenvalue weighted by Gasteiger charge is -2.14. The van der Waals surface area contributed by atoms with Gasteiger partial charge in [-0.25, -0.2) is 4.79 Å². The molecule has 1 aromatic carbocycles. The highest BCUT2D eigenvalue weighted by Gasteiger charge is 2.17. The van der Waals surface area contributed by atoms with Crippen LogP contribution in [0.4, 0.5) is 0 Å². The summed E-state index contributed by atoms with van der Waals surface area (Å²) in [5, 5.41) is 12.2. The molecular weight excluding hydrogens is 420 g/mol. The Morgan fingerprint density at radius 2 is 2.13 bits per heavy atom. The van der Waals surface area contributed by atoms with Crippen LogP contribution in [0.5, 0.6) is 5.75 Å². The number of aryl methyl sites for hydroxylation is 1. The molecule has 0 fully saturated rings. The van der Waals surface area contributed by atoms with Crippen LogP contribution in [0.25, 0.3) is 16.6 Å². The van der Waals surface area contributed by atoms with Crippen molar-refractivity contribution >= 4 is 34.1 Å². The summed E-state index contributed by atoms with van der Waals surface area (Å²) in [6.07, 6.45) is 3.45. The standard InChI is InChI=1S/C22H21ClN4O4/c1-3-6-14-9-21(29)31-17-11-18(16(23)10-15(14)17)30-12-20(28)24-13(2)22-26-25-19-7-4-5-8-27(19)22/h4-5,7-11,13H,3,6,12H2,1-2H3,(H,24,28)/t13-/m0/s1. The number of aromatic nitrogens is 3. The highest BCUT2D eigenvalue weighted by molar-refractivity contribution is 6.32. The molecule has 0 saturated heterocycles. The summed E-state index contributed by atoms with van der Waals surface area (Å²) < 4.78 is 12.7. The van der Waals surface area contributed by atoms with Gasteiger partial charge in [0.1, 0.15) is 11.3 Å². The fraction of sp³-hybridized carbons (Fsp3) is 0.273. The molecule has 0 spiro atoms. The summed E-state index contributed by atoms with van der Waals surface area (Å²) in [7, 11) is 0. The van der Waals surface area contributed by atoms with Crippen molar-refractivity contribution in [1.29, 1.82) is 0 Å². The Hall–Kier alpha value is -3.39. The lowest BCUT2D eigenvalue weighted by molar-refractivity contribution is -0.123. The van der Waals surface area contributed by atoms with Crippen LogP contribution in [-0.2, 0) is 11.2 Å². The lowest BCUT2D eigenvalue weighted by Crippen LogP contribution is -2.32. The predicted octanol–water partition coefficient (Wildman–Crippen LogP) is 3.70. The predicted molar refractivity (Wildman–Crippen MR) is 117 cm³/mol. The molecule has 0 unspecified atom stereocenters. The molecule has 4 aromatic rings. The molecule has 0 saturated carbocycles. The molecule has 0 bridgehead atoms. The zero-order chi connectivity index (χ0) is 22.0. The van der Waals surface area contributed by atoms with E-state index < -0.39 is 5.63 Å². The van der Waals surface area contributed by atoms with Gasteiger partial charge in [0.05, 0.1) is 11.1 Å². The quantitative estimate of drug-likeness (QED) is 0.440. The van der Waals surface area contributed by atoms with Crippen LogP contribution < -0.4 is 15.7 Å². The van der Waals surface area contributed by atoms with Crippen molar-refractivity contribution in [2.75, 3.05) is 6.61 Å². The number of amides is 1. The van der Waals surface area contributed by atoms with E-state index in [1.807, 2.05) is 42.6 Å². The van der Waals surface area contributed by atoms with Crippen LogP contribution in [0.3, 0.4) is 0 Å². The van der Waals surface area contributed by atoms with E-state index >= 15 is 0 Å². The highest BCUT2D eigenvalue weighted by Crippen LogP contribution is 2.31. The van der Waals surface area contributed by atoms with Crippen molar-refractivity contribution in [2.24, 2.45) is 0 Å². The van der Waals surface area contributed by atoms with Crippen LogP contribution in [-0.4, -0.2) is 27.1 Å². The van der Waals surface area contributed by atoms with Gasteiger partial charge >= 0.3 is 5.63 Å². The third kappa shape index (κ3) is 4.39. The molecule has 8 nitrogen and oxygen atoms in total. The largest absolute Gasteiger partial charge is 0.482 e. The van der Waals surface area contributed by atoms with Crippen LogP contribution in [0.2, 0.25) is 5.02 Å². The first-order valence-electron chi connectivity index (χ1n) is 9.94. The van der Waals surface area contributed by atoms with Gasteiger partial charge in [0, 0.05) is 23.7 Å². The minimum Gasteiger partial charge on any atom is -0.482 e. The zero-order valence-corrected chi connectivity index (χ0v) is 17.8. The van der Waals surface area contributed by atoms with Crippen molar-refractivity contribution in [1.82, 2.24) is 19.9 Å². The van der Waals surface area contributed by atoms with E-state index in [9.17, 15) is 9.59 Å². The van der Waals surface area contributed by atoms with Gasteiger partial charge in [0.15, 0.2) is 18.1 Å². The van der Waals surface area contributed by atoms with E-state index in [2.05, 4.69) is 15.5 Å². The van der Waals surface area contributed by atoms with Crippen LogP contribution in [0.1, 0.15) is 37.7 Å². The fourth-order valence-corrected chi connectivity index (χ4v) is 3.68. The van der Waals surface area contributed by atoms with Crippen molar-refractivity contribution in [3.8, 4) is 5.75 Å². The molecule has 9 heteroatoms. The van der Waals surface area contributed by atoms with Gasteiger partial charge in [-0.1, -0.05) is 31.0 Å². The maximum absolute atomic E-state index is 12.4. The number of hydrogen-bond acceptors (Lipinski definition) is 6. The second-order valence-electron chi connectivity index (χ2n) is 7.18. The summed E-state index contributed by atoms with van der Waals surface area (Å²) in [5.41, 5.74) is 1.51. The first-order valence-corrected chi connectivity index (χ1v) is 10.3. The number of nitrogens with zero attached hydrogens (tertiary/aromatic N) is 3.